The van der Waals surface area contributed by atoms with E-state index in [-0.39, 0.29) is 0 Å². The van der Waals surface area contributed by atoms with Gasteiger partial charge in [-0.1, -0.05) is 34.4 Å². The van der Waals surface area contributed by atoms with Gasteiger partial charge in [0.05, 0.1) is 18.3 Å². The van der Waals surface area contributed by atoms with Gasteiger partial charge in [-0.3, -0.25) is 0 Å². The summed E-state index contributed by atoms with van der Waals surface area (Å²) in [6.07, 6.45) is 1.74. The van der Waals surface area contributed by atoms with Gasteiger partial charge in [-0.2, -0.15) is 4.98 Å². The Morgan fingerprint density at radius 1 is 1.35 bits per heavy atom. The van der Waals surface area contributed by atoms with E-state index in [1.807, 2.05) is 31.2 Å². The highest BCUT2D eigenvalue weighted by molar-refractivity contribution is 9.10. The minimum absolute atomic E-state index is 0.396. The molecule has 0 saturated heterocycles. The Morgan fingerprint density at radius 3 is 2.80 bits per heavy atom. The first kappa shape index (κ1) is 15.5. The molecule has 4 nitrogen and oxygen atoms in total. The highest BCUT2D eigenvalue weighted by Gasteiger charge is 2.11. The topological polar surface area (TPSA) is 59.2 Å². The second-order valence-corrected chi connectivity index (χ2v) is 6.46. The number of aliphatic hydroxyl groups excluding tert-OH is 1. The zero-order chi connectivity index (χ0) is 14.4. The molecule has 0 radical (unpaired) electrons. The Balaban J connectivity index is 1.85. The van der Waals surface area contributed by atoms with Crippen molar-refractivity contribution in [1.29, 1.82) is 0 Å². The van der Waals surface area contributed by atoms with Crippen LogP contribution in [0, 0.1) is 0 Å². The van der Waals surface area contributed by atoms with Crippen LogP contribution in [0.3, 0.4) is 0 Å². The normalized spacial score (nSPS) is 12.6. The number of aliphatic hydroxyl groups is 1. The van der Waals surface area contributed by atoms with Crippen LogP contribution in [0.2, 0.25) is 0 Å². The van der Waals surface area contributed by atoms with Gasteiger partial charge in [0.15, 0.2) is 5.82 Å². The lowest BCUT2D eigenvalue weighted by Crippen LogP contribution is -2.09. The Labute approximate surface area is 131 Å². The number of nitrogens with zero attached hydrogens (tertiary/aromatic N) is 2. The first-order valence-electron chi connectivity index (χ1n) is 6.55. The monoisotopic (exact) mass is 356 g/mol. The highest BCUT2D eigenvalue weighted by atomic mass is 79.9. The summed E-state index contributed by atoms with van der Waals surface area (Å²) >= 11 is 5.06. The zero-order valence-corrected chi connectivity index (χ0v) is 13.7. The molecule has 0 amide bonds. The van der Waals surface area contributed by atoms with Crippen molar-refractivity contribution in [3.63, 3.8) is 0 Å². The fraction of sp³-hybridized carbons (Fsp3) is 0.429. The third-order valence-electron chi connectivity index (χ3n) is 2.72. The molecule has 1 heterocycles. The van der Waals surface area contributed by atoms with E-state index in [4.69, 9.17) is 4.52 Å². The number of thioether (sulfide) groups is 1. The molecule has 2 aromatic rings. The van der Waals surface area contributed by atoms with Gasteiger partial charge in [0.25, 0.3) is 0 Å². The molecule has 6 heteroatoms. The quantitative estimate of drug-likeness (QED) is 0.764. The number of hydrogen-bond acceptors (Lipinski definition) is 5. The second kappa shape index (κ2) is 7.81. The van der Waals surface area contributed by atoms with Gasteiger partial charge in [-0.05, 0) is 30.7 Å². The number of benzene rings is 1. The van der Waals surface area contributed by atoms with Crippen LogP contribution in [0.5, 0.6) is 0 Å². The van der Waals surface area contributed by atoms with Crippen molar-refractivity contribution >= 4 is 27.7 Å². The molecule has 2 rings (SSSR count). The molecule has 0 bridgehead atoms. The molecule has 0 aliphatic heterocycles. The first-order valence-corrected chi connectivity index (χ1v) is 8.33. The van der Waals surface area contributed by atoms with Crippen LogP contribution >= 0.6 is 27.7 Å². The summed E-state index contributed by atoms with van der Waals surface area (Å²) in [5.41, 5.74) is 0. The fourth-order valence-corrected chi connectivity index (χ4v) is 2.75. The van der Waals surface area contributed by atoms with Crippen molar-refractivity contribution in [2.45, 2.75) is 42.9 Å². The van der Waals surface area contributed by atoms with E-state index in [2.05, 4.69) is 26.1 Å². The van der Waals surface area contributed by atoms with Gasteiger partial charge in [0, 0.05) is 9.37 Å². The lowest BCUT2D eigenvalue weighted by molar-refractivity contribution is 0.151. The lowest BCUT2D eigenvalue weighted by atomic mass is 10.1. The van der Waals surface area contributed by atoms with Crippen molar-refractivity contribution in [1.82, 2.24) is 10.1 Å². The average Bonchev–Trinajstić information content (AvgIpc) is 2.86. The molecule has 0 saturated carbocycles. The van der Waals surface area contributed by atoms with E-state index in [1.54, 1.807) is 11.8 Å². The molecule has 1 aromatic carbocycles. The van der Waals surface area contributed by atoms with E-state index in [9.17, 15) is 5.11 Å². The molecule has 108 valence electrons. The molecule has 20 heavy (non-hydrogen) atoms. The van der Waals surface area contributed by atoms with Crippen molar-refractivity contribution in [3.05, 3.63) is 40.5 Å². The standard InChI is InChI=1S/C14H17BrN2O2S/c1-2-3-11(18)8-14-16-13(17-19-14)9-20-12-6-4-10(15)5-7-12/h4-7,11,18H,2-3,8-9H2,1H3. The molecule has 0 spiro atoms. The van der Waals surface area contributed by atoms with Crippen molar-refractivity contribution in [3.8, 4) is 0 Å². The number of aromatic nitrogens is 2. The van der Waals surface area contributed by atoms with E-state index >= 15 is 0 Å². The van der Waals surface area contributed by atoms with E-state index < -0.39 is 6.10 Å². The van der Waals surface area contributed by atoms with Crippen LogP contribution in [-0.4, -0.2) is 21.4 Å². The van der Waals surface area contributed by atoms with Crippen LogP contribution < -0.4 is 0 Å². The van der Waals surface area contributed by atoms with Crippen molar-refractivity contribution in [2.75, 3.05) is 0 Å². The molecule has 0 fully saturated rings. The molecular weight excluding hydrogens is 340 g/mol. The third kappa shape index (κ3) is 4.92. The molecule has 1 atom stereocenters. The number of hydrogen-bond donors (Lipinski definition) is 1. The van der Waals surface area contributed by atoms with Gasteiger partial charge >= 0.3 is 0 Å². The summed E-state index contributed by atoms with van der Waals surface area (Å²) in [5.74, 6) is 1.84. The largest absolute Gasteiger partial charge is 0.393 e. The predicted octanol–water partition coefficient (Wildman–Crippen LogP) is 3.83. The molecule has 0 aliphatic rings. The van der Waals surface area contributed by atoms with E-state index in [1.165, 1.54) is 0 Å². The van der Waals surface area contributed by atoms with Crippen LogP contribution in [-0.2, 0) is 12.2 Å². The Bertz CT molecular complexity index is 530. The Kier molecular flexibility index (Phi) is 6.06. The summed E-state index contributed by atoms with van der Waals surface area (Å²) in [4.78, 5) is 5.46. The van der Waals surface area contributed by atoms with Gasteiger partial charge < -0.3 is 9.63 Å². The number of rotatable bonds is 7. The van der Waals surface area contributed by atoms with Crippen molar-refractivity contribution in [2.24, 2.45) is 0 Å². The maximum Gasteiger partial charge on any atom is 0.229 e. The summed E-state index contributed by atoms with van der Waals surface area (Å²) in [7, 11) is 0. The average molecular weight is 357 g/mol. The van der Waals surface area contributed by atoms with Gasteiger partial charge in [0.1, 0.15) is 0 Å². The molecule has 1 N–H and O–H groups in total. The first-order chi connectivity index (χ1) is 9.67. The Hall–Kier alpha value is -0.850. The van der Waals surface area contributed by atoms with Gasteiger partial charge in [-0.25, -0.2) is 0 Å². The minimum Gasteiger partial charge on any atom is -0.393 e. The smallest absolute Gasteiger partial charge is 0.229 e. The second-order valence-electron chi connectivity index (χ2n) is 4.49. The van der Waals surface area contributed by atoms with Gasteiger partial charge in [0.2, 0.25) is 5.89 Å². The summed E-state index contributed by atoms with van der Waals surface area (Å²) < 4.78 is 6.21. The van der Waals surface area contributed by atoms with E-state index in [0.717, 1.165) is 22.2 Å². The van der Waals surface area contributed by atoms with Crippen LogP contribution in [0.25, 0.3) is 0 Å². The maximum atomic E-state index is 9.71. The predicted molar refractivity (Wildman–Crippen MR) is 82.6 cm³/mol. The maximum absolute atomic E-state index is 9.71. The molecule has 1 unspecified atom stereocenters. The van der Waals surface area contributed by atoms with Crippen LogP contribution in [0.15, 0.2) is 38.2 Å². The van der Waals surface area contributed by atoms with Gasteiger partial charge in [-0.15, -0.1) is 11.8 Å². The zero-order valence-electron chi connectivity index (χ0n) is 11.3. The Morgan fingerprint density at radius 2 is 2.10 bits per heavy atom. The highest BCUT2D eigenvalue weighted by Crippen LogP contribution is 2.23. The SMILES string of the molecule is CCCC(O)Cc1nc(CSc2ccc(Br)cc2)no1. The van der Waals surface area contributed by atoms with Crippen LogP contribution in [0.1, 0.15) is 31.5 Å². The summed E-state index contributed by atoms with van der Waals surface area (Å²) in [6, 6.07) is 8.09. The minimum atomic E-state index is -0.396. The summed E-state index contributed by atoms with van der Waals surface area (Å²) in [6.45, 7) is 2.04. The van der Waals surface area contributed by atoms with E-state index in [0.29, 0.717) is 23.9 Å². The fourth-order valence-electron chi connectivity index (χ4n) is 1.75. The van der Waals surface area contributed by atoms with Crippen LogP contribution in [0.4, 0.5) is 0 Å². The van der Waals surface area contributed by atoms with Crippen molar-refractivity contribution < 1.29 is 9.63 Å². The molecule has 1 aromatic heterocycles. The number of halogens is 1. The summed E-state index contributed by atoms with van der Waals surface area (Å²) in [5, 5.41) is 13.6. The third-order valence-corrected chi connectivity index (χ3v) is 4.26. The molecule has 0 aliphatic carbocycles. The molecular formula is C14H17BrN2O2S. The lowest BCUT2D eigenvalue weighted by Gasteiger charge is -2.03.